The normalized spacial score (nSPS) is 10.2. The van der Waals surface area contributed by atoms with E-state index in [0.717, 1.165) is 11.3 Å². The molecule has 1 heterocycles. The Labute approximate surface area is 111 Å². The van der Waals surface area contributed by atoms with Crippen LogP contribution in [-0.2, 0) is 11.8 Å². The third-order valence-electron chi connectivity index (χ3n) is 2.68. The highest BCUT2D eigenvalue weighted by molar-refractivity contribution is 5.78. The predicted molar refractivity (Wildman–Crippen MR) is 72.9 cm³/mol. The summed E-state index contributed by atoms with van der Waals surface area (Å²) in [5.74, 6) is 0.713. The van der Waals surface area contributed by atoms with Gasteiger partial charge in [0.05, 0.1) is 5.69 Å². The van der Waals surface area contributed by atoms with E-state index >= 15 is 0 Å². The molecule has 0 atom stereocenters. The summed E-state index contributed by atoms with van der Waals surface area (Å²) in [5.41, 5.74) is 7.92. The molecule has 1 aromatic heterocycles. The van der Waals surface area contributed by atoms with Crippen molar-refractivity contribution < 1.29 is 9.53 Å². The molecule has 0 bridgehead atoms. The first-order chi connectivity index (χ1) is 9.26. The van der Waals surface area contributed by atoms with Gasteiger partial charge in [-0.15, -0.1) is 0 Å². The summed E-state index contributed by atoms with van der Waals surface area (Å²) < 4.78 is 7.36. The molecule has 6 heteroatoms. The number of carbonyl (C=O) groups is 1. The third kappa shape index (κ3) is 2.92. The second-order valence-electron chi connectivity index (χ2n) is 3.95. The van der Waals surface area contributed by atoms with E-state index < -0.39 is 0 Å². The van der Waals surface area contributed by atoms with E-state index in [1.807, 2.05) is 25.2 Å². The van der Waals surface area contributed by atoms with E-state index in [9.17, 15) is 4.79 Å². The van der Waals surface area contributed by atoms with Gasteiger partial charge >= 0.3 is 0 Å². The maximum absolute atomic E-state index is 10.5. The average Bonchev–Trinajstić information content (AvgIpc) is 2.83. The second-order valence-corrected chi connectivity index (χ2v) is 3.95. The number of aryl methyl sites for hydroxylation is 1. The van der Waals surface area contributed by atoms with Crippen LogP contribution in [0, 0.1) is 0 Å². The largest absolute Gasteiger partial charge is 0.492 e. The molecule has 0 radical (unpaired) electrons. The highest BCUT2D eigenvalue weighted by atomic mass is 16.5. The molecule has 1 amide bonds. The summed E-state index contributed by atoms with van der Waals surface area (Å²) in [4.78, 5) is 10.5. The first-order valence-electron chi connectivity index (χ1n) is 5.91. The van der Waals surface area contributed by atoms with Crippen LogP contribution in [0.4, 0.5) is 5.69 Å². The van der Waals surface area contributed by atoms with Crippen LogP contribution in [0.1, 0.15) is 0 Å². The van der Waals surface area contributed by atoms with Gasteiger partial charge in [-0.2, -0.15) is 5.10 Å². The second kappa shape index (κ2) is 6.01. The molecule has 0 fully saturated rings. The van der Waals surface area contributed by atoms with Gasteiger partial charge in [0.25, 0.3) is 0 Å². The predicted octanol–water partition coefficient (Wildman–Crippen LogP) is 0.993. The number of benzene rings is 1. The number of anilines is 1. The zero-order valence-corrected chi connectivity index (χ0v) is 10.7. The van der Waals surface area contributed by atoms with Crippen molar-refractivity contribution >= 4 is 12.1 Å². The number of ether oxygens (including phenoxy) is 1. The van der Waals surface area contributed by atoms with Crippen LogP contribution in [0.15, 0.2) is 30.5 Å². The van der Waals surface area contributed by atoms with E-state index in [0.29, 0.717) is 31.0 Å². The molecule has 0 aliphatic carbocycles. The molecule has 0 aliphatic rings. The van der Waals surface area contributed by atoms with Crippen molar-refractivity contribution in [3.63, 3.8) is 0 Å². The van der Waals surface area contributed by atoms with Gasteiger partial charge in [0.1, 0.15) is 12.4 Å². The number of amides is 1. The fraction of sp³-hybridized carbons (Fsp3) is 0.231. The van der Waals surface area contributed by atoms with Crippen LogP contribution in [0.3, 0.4) is 0 Å². The van der Waals surface area contributed by atoms with Crippen LogP contribution in [0.5, 0.6) is 5.75 Å². The Kier molecular flexibility index (Phi) is 4.15. The fourth-order valence-electron chi connectivity index (χ4n) is 1.82. The molecule has 6 nitrogen and oxygen atoms in total. The molecule has 2 rings (SSSR count). The van der Waals surface area contributed by atoms with Gasteiger partial charge in [-0.25, -0.2) is 0 Å². The number of aromatic nitrogens is 2. The smallest absolute Gasteiger partial charge is 0.211 e. The molecule has 0 spiro atoms. The van der Waals surface area contributed by atoms with Crippen molar-refractivity contribution in [3.05, 3.63) is 30.5 Å². The lowest BCUT2D eigenvalue weighted by Crippen LogP contribution is -2.11. The van der Waals surface area contributed by atoms with Crippen molar-refractivity contribution in [2.75, 3.05) is 18.5 Å². The highest BCUT2D eigenvalue weighted by Crippen LogP contribution is 2.32. The number of nitrogens with two attached hydrogens (primary N) is 1. The summed E-state index contributed by atoms with van der Waals surface area (Å²) >= 11 is 0. The van der Waals surface area contributed by atoms with Gasteiger partial charge in [-0.1, -0.05) is 0 Å². The Morgan fingerprint density at radius 2 is 2.32 bits per heavy atom. The number of hydrogen-bond acceptors (Lipinski definition) is 4. The zero-order valence-electron chi connectivity index (χ0n) is 10.7. The summed E-state index contributed by atoms with van der Waals surface area (Å²) in [7, 11) is 1.85. The average molecular weight is 260 g/mol. The minimum absolute atomic E-state index is 0.436. The molecule has 1 aromatic carbocycles. The molecule has 0 unspecified atom stereocenters. The van der Waals surface area contributed by atoms with Crippen LogP contribution < -0.4 is 15.8 Å². The van der Waals surface area contributed by atoms with E-state index in [-0.39, 0.29) is 0 Å². The molecule has 19 heavy (non-hydrogen) atoms. The summed E-state index contributed by atoms with van der Waals surface area (Å²) in [6.07, 6.45) is 2.35. The molecule has 0 aliphatic heterocycles. The summed E-state index contributed by atoms with van der Waals surface area (Å²) in [5, 5.41) is 6.76. The summed E-state index contributed by atoms with van der Waals surface area (Å²) in [6.45, 7) is 0.879. The Balaban J connectivity index is 2.43. The van der Waals surface area contributed by atoms with Crippen molar-refractivity contribution in [1.82, 2.24) is 9.78 Å². The lowest BCUT2D eigenvalue weighted by molar-refractivity contribution is -0.105. The quantitative estimate of drug-likeness (QED) is 0.759. The first-order valence-corrected chi connectivity index (χ1v) is 5.91. The van der Waals surface area contributed by atoms with Crippen LogP contribution in [0.25, 0.3) is 11.3 Å². The standard InChI is InChI=1S/C13H16N4O2/c1-17-12(4-6-16-17)11-8-10(15-9-18)2-3-13(11)19-7-5-14/h2-4,6,8-9H,5,7,14H2,1H3,(H,15,18). The molecule has 100 valence electrons. The van der Waals surface area contributed by atoms with E-state index in [4.69, 9.17) is 10.5 Å². The number of nitrogens with zero attached hydrogens (tertiary/aromatic N) is 2. The Morgan fingerprint density at radius 1 is 1.47 bits per heavy atom. The summed E-state index contributed by atoms with van der Waals surface area (Å²) in [6, 6.07) is 7.32. The molecule has 2 aromatic rings. The lowest BCUT2D eigenvalue weighted by Gasteiger charge is -2.12. The number of rotatable bonds is 6. The van der Waals surface area contributed by atoms with Crippen molar-refractivity contribution in [3.8, 4) is 17.0 Å². The van der Waals surface area contributed by atoms with Crippen molar-refractivity contribution in [2.24, 2.45) is 12.8 Å². The minimum atomic E-state index is 0.436. The zero-order chi connectivity index (χ0) is 13.7. The van der Waals surface area contributed by atoms with Gasteiger partial charge in [-0.05, 0) is 24.3 Å². The molecular weight excluding hydrogens is 244 g/mol. The SMILES string of the molecule is Cn1nccc1-c1cc(NC=O)ccc1OCCN. The number of nitrogens with one attached hydrogen (secondary N) is 1. The maximum atomic E-state index is 10.5. The third-order valence-corrected chi connectivity index (χ3v) is 2.68. The van der Waals surface area contributed by atoms with Crippen LogP contribution in [-0.4, -0.2) is 29.3 Å². The Hall–Kier alpha value is -2.34. The Bertz CT molecular complexity index is 566. The first kappa shape index (κ1) is 13.1. The topological polar surface area (TPSA) is 82.2 Å². The van der Waals surface area contributed by atoms with Crippen molar-refractivity contribution in [2.45, 2.75) is 0 Å². The monoisotopic (exact) mass is 260 g/mol. The van der Waals surface area contributed by atoms with E-state index in [1.165, 1.54) is 0 Å². The van der Waals surface area contributed by atoms with Gasteiger partial charge in [-0.3, -0.25) is 9.48 Å². The van der Waals surface area contributed by atoms with Gasteiger partial charge < -0.3 is 15.8 Å². The molecular formula is C13H16N4O2. The fourth-order valence-corrected chi connectivity index (χ4v) is 1.82. The van der Waals surface area contributed by atoms with Crippen LogP contribution >= 0.6 is 0 Å². The number of carbonyl (C=O) groups excluding carboxylic acids is 1. The van der Waals surface area contributed by atoms with Gasteiger partial charge in [0, 0.05) is 31.0 Å². The molecule has 0 saturated heterocycles. The molecule has 0 saturated carbocycles. The van der Waals surface area contributed by atoms with Crippen molar-refractivity contribution in [1.29, 1.82) is 0 Å². The Morgan fingerprint density at radius 3 is 2.95 bits per heavy atom. The number of hydrogen-bond donors (Lipinski definition) is 2. The van der Waals surface area contributed by atoms with E-state index in [2.05, 4.69) is 10.4 Å². The molecule has 3 N–H and O–H groups in total. The van der Waals surface area contributed by atoms with Crippen LogP contribution in [0.2, 0.25) is 0 Å². The lowest BCUT2D eigenvalue weighted by atomic mass is 10.1. The minimum Gasteiger partial charge on any atom is -0.492 e. The maximum Gasteiger partial charge on any atom is 0.211 e. The van der Waals surface area contributed by atoms with Gasteiger partial charge in [0.15, 0.2) is 0 Å². The van der Waals surface area contributed by atoms with Gasteiger partial charge in [0.2, 0.25) is 6.41 Å². The van der Waals surface area contributed by atoms with E-state index in [1.54, 1.807) is 16.9 Å². The highest BCUT2D eigenvalue weighted by Gasteiger charge is 2.11.